The summed E-state index contributed by atoms with van der Waals surface area (Å²) >= 11 is 0. The first-order valence-corrected chi connectivity index (χ1v) is 5.52. The largest absolute Gasteiger partial charge is 0.463 e. The molecule has 0 unspecified atom stereocenters. The molecule has 1 aliphatic carbocycles. The summed E-state index contributed by atoms with van der Waals surface area (Å²) in [4.78, 5) is 2.81. The minimum absolute atomic E-state index is 0.314. The predicted octanol–water partition coefficient (Wildman–Crippen LogP) is 3.36. The maximum absolute atomic E-state index is 8.44. The van der Waals surface area contributed by atoms with Crippen LogP contribution in [0.4, 0.5) is 0 Å². The molecule has 0 spiro atoms. The van der Waals surface area contributed by atoms with Crippen LogP contribution in [0.1, 0.15) is 30.0 Å². The van der Waals surface area contributed by atoms with Crippen LogP contribution < -0.4 is 0 Å². The van der Waals surface area contributed by atoms with Crippen LogP contribution in [0.2, 0.25) is 0 Å². The normalized spacial score (nSPS) is 14.6. The van der Waals surface area contributed by atoms with E-state index >= 15 is 0 Å². The lowest BCUT2D eigenvalue weighted by molar-refractivity contribution is 0.579. The van der Waals surface area contributed by atoms with E-state index in [1.165, 1.54) is 12.8 Å². The molecular formula is C11H11N5O. The molecule has 0 amide bonds. The van der Waals surface area contributed by atoms with Gasteiger partial charge in [-0.25, -0.2) is 0 Å². The number of nitrogens with zero attached hydrogens (tertiary/aromatic N) is 4. The van der Waals surface area contributed by atoms with Crippen LogP contribution in [0.15, 0.2) is 27.9 Å². The van der Waals surface area contributed by atoms with Gasteiger partial charge >= 0.3 is 0 Å². The molecule has 2 aromatic rings. The zero-order chi connectivity index (χ0) is 11.7. The number of rotatable bonds is 4. The fraction of sp³-hybridized carbons (Fsp3) is 0.364. The second-order valence-corrected chi connectivity index (χ2v) is 4.10. The summed E-state index contributed by atoms with van der Waals surface area (Å²) in [6.07, 6.45) is 3.95. The van der Waals surface area contributed by atoms with Gasteiger partial charge in [-0.3, -0.25) is 5.10 Å². The molecule has 1 saturated carbocycles. The number of hydrogen-bond acceptors (Lipinski definition) is 3. The number of aromatic nitrogens is 2. The van der Waals surface area contributed by atoms with Gasteiger partial charge in [0.15, 0.2) is 5.76 Å². The molecule has 0 aromatic carbocycles. The van der Waals surface area contributed by atoms with Gasteiger partial charge in [-0.15, -0.1) is 0 Å². The van der Waals surface area contributed by atoms with Crippen molar-refractivity contribution in [3.05, 3.63) is 40.1 Å². The Morgan fingerprint density at radius 3 is 3.12 bits per heavy atom. The molecule has 1 fully saturated rings. The smallest absolute Gasteiger partial charge is 0.154 e. The average Bonchev–Trinajstić information content (AvgIpc) is 2.91. The SMILES string of the molecule is [N-]=[N+]=NCc1c(-c2ccco2)n[nH]c1C1CC1. The van der Waals surface area contributed by atoms with Gasteiger partial charge in [-0.05, 0) is 30.5 Å². The Morgan fingerprint density at radius 1 is 1.59 bits per heavy atom. The third-order valence-electron chi connectivity index (χ3n) is 2.93. The van der Waals surface area contributed by atoms with Gasteiger partial charge in [-0.2, -0.15) is 5.10 Å². The zero-order valence-corrected chi connectivity index (χ0v) is 9.13. The van der Waals surface area contributed by atoms with E-state index in [0.29, 0.717) is 18.2 Å². The highest BCUT2D eigenvalue weighted by Crippen LogP contribution is 2.42. The average molecular weight is 229 g/mol. The van der Waals surface area contributed by atoms with Gasteiger partial charge < -0.3 is 4.42 Å². The van der Waals surface area contributed by atoms with E-state index in [1.54, 1.807) is 6.26 Å². The monoisotopic (exact) mass is 229 g/mol. The summed E-state index contributed by atoms with van der Waals surface area (Å²) in [5.41, 5.74) is 11.2. The van der Waals surface area contributed by atoms with Crippen LogP contribution in [0.25, 0.3) is 21.9 Å². The fourth-order valence-electron chi connectivity index (χ4n) is 1.97. The summed E-state index contributed by atoms with van der Waals surface area (Å²) in [5, 5.41) is 10.9. The van der Waals surface area contributed by atoms with Crippen LogP contribution in [0.5, 0.6) is 0 Å². The molecule has 86 valence electrons. The number of aromatic amines is 1. The molecule has 0 radical (unpaired) electrons. The zero-order valence-electron chi connectivity index (χ0n) is 9.13. The Morgan fingerprint density at radius 2 is 2.47 bits per heavy atom. The van der Waals surface area contributed by atoms with Crippen molar-refractivity contribution in [2.24, 2.45) is 5.11 Å². The first-order valence-electron chi connectivity index (χ1n) is 5.52. The molecule has 6 heteroatoms. The van der Waals surface area contributed by atoms with E-state index < -0.39 is 0 Å². The molecule has 2 heterocycles. The molecule has 0 bridgehead atoms. The number of H-pyrrole nitrogens is 1. The fourth-order valence-corrected chi connectivity index (χ4v) is 1.97. The summed E-state index contributed by atoms with van der Waals surface area (Å²) in [6.45, 7) is 0.314. The molecule has 0 saturated heterocycles. The minimum atomic E-state index is 0.314. The van der Waals surface area contributed by atoms with Gasteiger partial charge in [-0.1, -0.05) is 5.11 Å². The van der Waals surface area contributed by atoms with E-state index in [1.807, 2.05) is 12.1 Å². The second-order valence-electron chi connectivity index (χ2n) is 4.10. The van der Waals surface area contributed by atoms with Crippen LogP contribution in [0, 0.1) is 0 Å². The van der Waals surface area contributed by atoms with E-state index in [-0.39, 0.29) is 0 Å². The predicted molar refractivity (Wildman–Crippen MR) is 61.1 cm³/mol. The summed E-state index contributed by atoms with van der Waals surface area (Å²) in [6, 6.07) is 3.67. The third-order valence-corrected chi connectivity index (χ3v) is 2.93. The van der Waals surface area contributed by atoms with Crippen molar-refractivity contribution < 1.29 is 4.42 Å². The first-order chi connectivity index (χ1) is 8.40. The molecule has 1 aliphatic rings. The van der Waals surface area contributed by atoms with E-state index in [4.69, 9.17) is 9.95 Å². The molecule has 17 heavy (non-hydrogen) atoms. The number of azide groups is 1. The molecule has 2 aromatic heterocycles. The van der Waals surface area contributed by atoms with E-state index in [2.05, 4.69) is 20.2 Å². The number of nitrogens with one attached hydrogen (secondary N) is 1. The van der Waals surface area contributed by atoms with Gasteiger partial charge in [0.25, 0.3) is 0 Å². The standard InChI is InChI=1S/C11H11N5O/c12-16-13-6-8-10(7-3-4-7)14-15-11(8)9-2-1-5-17-9/h1-2,5,7H,3-4,6H2,(H,14,15). The van der Waals surface area contributed by atoms with Crippen LogP contribution in [-0.2, 0) is 6.54 Å². The highest BCUT2D eigenvalue weighted by molar-refractivity contribution is 5.59. The maximum Gasteiger partial charge on any atom is 0.154 e. The Labute approximate surface area is 97.3 Å². The minimum Gasteiger partial charge on any atom is -0.463 e. The topological polar surface area (TPSA) is 90.6 Å². The third kappa shape index (κ3) is 1.79. The van der Waals surface area contributed by atoms with Crippen LogP contribution >= 0.6 is 0 Å². The summed E-state index contributed by atoms with van der Waals surface area (Å²) < 4.78 is 5.34. The van der Waals surface area contributed by atoms with Crippen molar-refractivity contribution >= 4 is 0 Å². The van der Waals surface area contributed by atoms with Crippen molar-refractivity contribution in [2.45, 2.75) is 25.3 Å². The molecule has 0 atom stereocenters. The van der Waals surface area contributed by atoms with Crippen LogP contribution in [-0.4, -0.2) is 10.2 Å². The van der Waals surface area contributed by atoms with Crippen LogP contribution in [0.3, 0.4) is 0 Å². The van der Waals surface area contributed by atoms with Crippen molar-refractivity contribution in [1.82, 2.24) is 10.2 Å². The quantitative estimate of drug-likeness (QED) is 0.494. The number of hydrogen-bond donors (Lipinski definition) is 1. The van der Waals surface area contributed by atoms with Crippen molar-refractivity contribution in [3.8, 4) is 11.5 Å². The molecular weight excluding hydrogens is 218 g/mol. The summed E-state index contributed by atoms with van der Waals surface area (Å²) in [7, 11) is 0. The Bertz CT molecular complexity index is 561. The lowest BCUT2D eigenvalue weighted by Gasteiger charge is -1.99. The van der Waals surface area contributed by atoms with Gasteiger partial charge in [0.1, 0.15) is 5.69 Å². The lowest BCUT2D eigenvalue weighted by atomic mass is 10.1. The van der Waals surface area contributed by atoms with E-state index in [9.17, 15) is 0 Å². The Kier molecular flexibility index (Phi) is 2.34. The lowest BCUT2D eigenvalue weighted by Crippen LogP contribution is -1.89. The highest BCUT2D eigenvalue weighted by Gasteiger charge is 2.30. The van der Waals surface area contributed by atoms with Crippen molar-refractivity contribution in [3.63, 3.8) is 0 Å². The van der Waals surface area contributed by atoms with Gasteiger partial charge in [0, 0.05) is 22.1 Å². The Hall–Kier alpha value is -2.20. The summed E-state index contributed by atoms with van der Waals surface area (Å²) in [5.74, 6) is 1.24. The van der Waals surface area contributed by atoms with E-state index in [0.717, 1.165) is 17.0 Å². The molecule has 6 nitrogen and oxygen atoms in total. The van der Waals surface area contributed by atoms with Crippen molar-refractivity contribution in [2.75, 3.05) is 0 Å². The van der Waals surface area contributed by atoms with Gasteiger partial charge in [0.05, 0.1) is 12.8 Å². The maximum atomic E-state index is 8.44. The molecule has 0 aliphatic heterocycles. The van der Waals surface area contributed by atoms with Gasteiger partial charge in [0.2, 0.25) is 0 Å². The second kappa shape index (κ2) is 3.99. The first kappa shape index (κ1) is 9.99. The van der Waals surface area contributed by atoms with Crippen molar-refractivity contribution in [1.29, 1.82) is 0 Å². The molecule has 1 N–H and O–H groups in total. The Balaban J connectivity index is 2.05. The number of furan rings is 1. The molecule has 3 rings (SSSR count). The highest BCUT2D eigenvalue weighted by atomic mass is 16.3.